The molecule has 0 aliphatic rings. The largest absolute Gasteiger partial charge is 0.373 e. The molecular formula is C11H11N3O. The summed E-state index contributed by atoms with van der Waals surface area (Å²) in [4.78, 5) is 15.2. The average Bonchev–Trinajstić information content (AvgIpc) is 2.27. The van der Waals surface area contributed by atoms with Gasteiger partial charge in [-0.15, -0.1) is 0 Å². The lowest BCUT2D eigenvalue weighted by molar-refractivity contribution is 0.0996. The number of pyridine rings is 1. The van der Waals surface area contributed by atoms with Crippen LogP contribution in [0.15, 0.2) is 30.3 Å². The van der Waals surface area contributed by atoms with Crippen molar-refractivity contribution in [2.24, 2.45) is 5.73 Å². The van der Waals surface area contributed by atoms with Crippen LogP contribution in [0.2, 0.25) is 0 Å². The number of fused-ring (bicyclic) bond motifs is 1. The molecule has 0 radical (unpaired) electrons. The first kappa shape index (κ1) is 9.45. The molecular weight excluding hydrogens is 190 g/mol. The van der Waals surface area contributed by atoms with E-state index in [2.05, 4.69) is 10.3 Å². The molecule has 0 aliphatic carbocycles. The van der Waals surface area contributed by atoms with Crippen molar-refractivity contribution < 1.29 is 4.79 Å². The lowest BCUT2D eigenvalue weighted by Crippen LogP contribution is -2.13. The van der Waals surface area contributed by atoms with Crippen molar-refractivity contribution in [2.75, 3.05) is 12.4 Å². The van der Waals surface area contributed by atoms with Gasteiger partial charge in [0.1, 0.15) is 11.5 Å². The van der Waals surface area contributed by atoms with Crippen LogP contribution in [0.3, 0.4) is 0 Å². The van der Waals surface area contributed by atoms with Crippen LogP contribution in [0.5, 0.6) is 0 Å². The average molecular weight is 201 g/mol. The van der Waals surface area contributed by atoms with Crippen LogP contribution in [-0.2, 0) is 0 Å². The molecule has 0 aliphatic heterocycles. The number of rotatable bonds is 2. The Kier molecular flexibility index (Phi) is 2.25. The number of carbonyl (C=O) groups is 1. The quantitative estimate of drug-likeness (QED) is 0.771. The first-order valence-electron chi connectivity index (χ1n) is 4.59. The molecule has 4 heteroatoms. The van der Waals surface area contributed by atoms with E-state index in [9.17, 15) is 4.79 Å². The van der Waals surface area contributed by atoms with E-state index in [-0.39, 0.29) is 5.69 Å². The normalized spacial score (nSPS) is 10.2. The van der Waals surface area contributed by atoms with E-state index in [1.165, 1.54) is 0 Å². The van der Waals surface area contributed by atoms with Gasteiger partial charge in [0.15, 0.2) is 0 Å². The van der Waals surface area contributed by atoms with E-state index in [0.29, 0.717) is 5.82 Å². The highest BCUT2D eigenvalue weighted by Crippen LogP contribution is 2.21. The molecule has 0 saturated heterocycles. The third kappa shape index (κ3) is 1.61. The van der Waals surface area contributed by atoms with Gasteiger partial charge in [0.25, 0.3) is 5.91 Å². The van der Waals surface area contributed by atoms with E-state index in [0.717, 1.165) is 10.8 Å². The van der Waals surface area contributed by atoms with E-state index in [4.69, 9.17) is 5.73 Å². The lowest BCUT2D eigenvalue weighted by atomic mass is 10.1. The molecule has 2 rings (SSSR count). The standard InChI is InChI=1S/C11H11N3O/c1-13-11-8-5-3-2-4-7(8)6-9(14-11)10(12)15/h2-6H,1H3,(H2,12,15)(H,13,14). The number of aromatic nitrogens is 1. The SMILES string of the molecule is CNc1nc(C(N)=O)cc2ccccc12. The van der Waals surface area contributed by atoms with Crippen molar-refractivity contribution in [3.8, 4) is 0 Å². The number of benzene rings is 1. The number of primary amides is 1. The number of amides is 1. The maximum absolute atomic E-state index is 11.0. The fourth-order valence-electron chi connectivity index (χ4n) is 1.52. The number of nitrogens with one attached hydrogen (secondary N) is 1. The van der Waals surface area contributed by atoms with E-state index < -0.39 is 5.91 Å². The fourth-order valence-corrected chi connectivity index (χ4v) is 1.52. The number of nitrogens with two attached hydrogens (primary N) is 1. The highest BCUT2D eigenvalue weighted by molar-refractivity contribution is 5.99. The minimum atomic E-state index is -0.516. The molecule has 1 amide bonds. The van der Waals surface area contributed by atoms with Gasteiger partial charge in [0, 0.05) is 12.4 Å². The Hall–Kier alpha value is -2.10. The monoisotopic (exact) mass is 201 g/mol. The summed E-state index contributed by atoms with van der Waals surface area (Å²) in [6, 6.07) is 9.39. The molecule has 2 aromatic rings. The summed E-state index contributed by atoms with van der Waals surface area (Å²) < 4.78 is 0. The molecule has 0 atom stereocenters. The summed E-state index contributed by atoms with van der Waals surface area (Å²) in [5.41, 5.74) is 5.48. The van der Waals surface area contributed by atoms with Crippen molar-refractivity contribution in [3.05, 3.63) is 36.0 Å². The predicted octanol–water partition coefficient (Wildman–Crippen LogP) is 1.38. The highest BCUT2D eigenvalue weighted by atomic mass is 16.1. The maximum Gasteiger partial charge on any atom is 0.267 e. The fraction of sp³-hybridized carbons (Fsp3) is 0.0909. The van der Waals surface area contributed by atoms with Crippen LogP contribution in [0.1, 0.15) is 10.5 Å². The molecule has 1 aromatic heterocycles. The molecule has 4 nitrogen and oxygen atoms in total. The first-order valence-corrected chi connectivity index (χ1v) is 4.59. The summed E-state index contributed by atoms with van der Waals surface area (Å²) in [6.45, 7) is 0. The van der Waals surface area contributed by atoms with Gasteiger partial charge in [-0.3, -0.25) is 4.79 Å². The van der Waals surface area contributed by atoms with Crippen LogP contribution in [0, 0.1) is 0 Å². The Balaban J connectivity index is 2.77. The smallest absolute Gasteiger partial charge is 0.267 e. The minimum absolute atomic E-state index is 0.276. The van der Waals surface area contributed by atoms with Gasteiger partial charge in [-0.1, -0.05) is 24.3 Å². The second-order valence-electron chi connectivity index (χ2n) is 3.19. The molecule has 0 saturated carbocycles. The Morgan fingerprint density at radius 1 is 1.40 bits per heavy atom. The molecule has 76 valence electrons. The molecule has 0 fully saturated rings. The van der Waals surface area contributed by atoms with Crippen LogP contribution < -0.4 is 11.1 Å². The van der Waals surface area contributed by atoms with Crippen LogP contribution in [0.4, 0.5) is 5.82 Å². The molecule has 15 heavy (non-hydrogen) atoms. The lowest BCUT2D eigenvalue weighted by Gasteiger charge is -2.06. The van der Waals surface area contributed by atoms with Crippen LogP contribution >= 0.6 is 0 Å². The van der Waals surface area contributed by atoms with Gasteiger partial charge in [-0.25, -0.2) is 4.98 Å². The zero-order valence-electron chi connectivity index (χ0n) is 8.32. The third-order valence-corrected chi connectivity index (χ3v) is 2.23. The van der Waals surface area contributed by atoms with Gasteiger partial charge >= 0.3 is 0 Å². The van der Waals surface area contributed by atoms with E-state index >= 15 is 0 Å². The summed E-state index contributed by atoms with van der Waals surface area (Å²) in [5, 5.41) is 4.87. The Morgan fingerprint density at radius 2 is 2.13 bits per heavy atom. The second kappa shape index (κ2) is 3.57. The summed E-state index contributed by atoms with van der Waals surface area (Å²) in [6.07, 6.45) is 0. The van der Waals surface area contributed by atoms with Crippen molar-refractivity contribution in [1.82, 2.24) is 4.98 Å². The van der Waals surface area contributed by atoms with Crippen LogP contribution in [0.25, 0.3) is 10.8 Å². The van der Waals surface area contributed by atoms with Gasteiger partial charge in [-0.2, -0.15) is 0 Å². The predicted molar refractivity (Wildman–Crippen MR) is 59.8 cm³/mol. The minimum Gasteiger partial charge on any atom is -0.373 e. The number of hydrogen-bond donors (Lipinski definition) is 2. The number of carbonyl (C=O) groups excluding carboxylic acids is 1. The number of anilines is 1. The van der Waals surface area contributed by atoms with Crippen molar-refractivity contribution in [2.45, 2.75) is 0 Å². The van der Waals surface area contributed by atoms with Crippen molar-refractivity contribution in [1.29, 1.82) is 0 Å². The van der Waals surface area contributed by atoms with Gasteiger partial charge in [0.2, 0.25) is 0 Å². The zero-order chi connectivity index (χ0) is 10.8. The van der Waals surface area contributed by atoms with Crippen molar-refractivity contribution >= 4 is 22.5 Å². The van der Waals surface area contributed by atoms with Gasteiger partial charge in [-0.05, 0) is 11.5 Å². The number of nitrogens with zero attached hydrogens (tertiary/aromatic N) is 1. The summed E-state index contributed by atoms with van der Waals surface area (Å²) >= 11 is 0. The van der Waals surface area contributed by atoms with E-state index in [1.54, 1.807) is 13.1 Å². The van der Waals surface area contributed by atoms with E-state index in [1.807, 2.05) is 24.3 Å². The zero-order valence-corrected chi connectivity index (χ0v) is 8.32. The topological polar surface area (TPSA) is 68.0 Å². The summed E-state index contributed by atoms with van der Waals surface area (Å²) in [7, 11) is 1.76. The first-order chi connectivity index (χ1) is 7.22. The maximum atomic E-state index is 11.0. The van der Waals surface area contributed by atoms with Crippen LogP contribution in [-0.4, -0.2) is 17.9 Å². The summed E-state index contributed by atoms with van der Waals surface area (Å²) in [5.74, 6) is 0.152. The van der Waals surface area contributed by atoms with Gasteiger partial charge in [0.05, 0.1) is 0 Å². The molecule has 0 bridgehead atoms. The third-order valence-electron chi connectivity index (χ3n) is 2.23. The Bertz CT molecular complexity index is 522. The molecule has 1 heterocycles. The molecule has 0 unspecified atom stereocenters. The Labute approximate surface area is 87.1 Å². The number of hydrogen-bond acceptors (Lipinski definition) is 3. The molecule has 3 N–H and O–H groups in total. The highest BCUT2D eigenvalue weighted by Gasteiger charge is 2.07. The molecule has 0 spiro atoms. The Morgan fingerprint density at radius 3 is 2.80 bits per heavy atom. The van der Waals surface area contributed by atoms with Crippen molar-refractivity contribution in [3.63, 3.8) is 0 Å². The molecule has 1 aromatic carbocycles. The second-order valence-corrected chi connectivity index (χ2v) is 3.19. The van der Waals surface area contributed by atoms with Gasteiger partial charge < -0.3 is 11.1 Å².